The lowest BCUT2D eigenvalue weighted by molar-refractivity contribution is 0.415. The van der Waals surface area contributed by atoms with E-state index in [-0.39, 0.29) is 0 Å². The van der Waals surface area contributed by atoms with Gasteiger partial charge in [0.05, 0.1) is 18.2 Å². The second-order valence-corrected chi connectivity index (χ2v) is 6.51. The molecule has 0 unspecified atom stereocenters. The summed E-state index contributed by atoms with van der Waals surface area (Å²) in [6.07, 6.45) is 0. The zero-order valence-corrected chi connectivity index (χ0v) is 15.3. The van der Waals surface area contributed by atoms with E-state index in [0.29, 0.717) is 11.0 Å². The molecule has 6 nitrogen and oxygen atoms in total. The van der Waals surface area contributed by atoms with Crippen LogP contribution in [-0.2, 0) is 7.05 Å². The molecule has 0 bridgehead atoms. The fourth-order valence-electron chi connectivity index (χ4n) is 3.29. The van der Waals surface area contributed by atoms with Gasteiger partial charge in [-0.25, -0.2) is 4.79 Å². The molecule has 0 fully saturated rings. The lowest BCUT2D eigenvalue weighted by Gasteiger charge is -2.07. The van der Waals surface area contributed by atoms with E-state index in [1.165, 1.54) is 4.57 Å². The smallest absolute Gasteiger partial charge is 0.329 e. The number of hydrogen-bond acceptors (Lipinski definition) is 3. The maximum atomic E-state index is 12.7. The van der Waals surface area contributed by atoms with Crippen LogP contribution in [0.3, 0.4) is 0 Å². The number of fused-ring (bicyclic) bond motifs is 1. The molecule has 0 saturated heterocycles. The molecule has 0 amide bonds. The van der Waals surface area contributed by atoms with E-state index in [1.54, 1.807) is 14.2 Å². The summed E-state index contributed by atoms with van der Waals surface area (Å²) >= 11 is 0. The van der Waals surface area contributed by atoms with Crippen molar-refractivity contribution in [2.75, 3.05) is 7.11 Å². The van der Waals surface area contributed by atoms with Crippen LogP contribution in [0.2, 0.25) is 0 Å². The molecule has 0 aliphatic rings. The molecule has 2 aromatic heterocycles. The van der Waals surface area contributed by atoms with E-state index in [9.17, 15) is 9.59 Å². The Bertz CT molecular complexity index is 1240. The van der Waals surface area contributed by atoms with Gasteiger partial charge in [-0.2, -0.15) is 0 Å². The van der Waals surface area contributed by atoms with Crippen molar-refractivity contribution < 1.29 is 4.74 Å². The molecule has 136 valence electrons. The Morgan fingerprint density at radius 1 is 0.889 bits per heavy atom. The number of ether oxygens (including phenoxy) is 1. The summed E-state index contributed by atoms with van der Waals surface area (Å²) in [5.74, 6) is 0.733. The van der Waals surface area contributed by atoms with Gasteiger partial charge < -0.3 is 9.72 Å². The highest BCUT2D eigenvalue weighted by molar-refractivity contribution is 6.02. The molecule has 4 aromatic rings. The Balaban J connectivity index is 2.11. The maximum absolute atomic E-state index is 12.7. The molecule has 27 heavy (non-hydrogen) atoms. The van der Waals surface area contributed by atoms with Gasteiger partial charge >= 0.3 is 5.69 Å². The minimum absolute atomic E-state index is 0.409. The predicted molar refractivity (Wildman–Crippen MR) is 106 cm³/mol. The molecular weight excluding hydrogens is 342 g/mol. The van der Waals surface area contributed by atoms with E-state index in [1.807, 2.05) is 55.5 Å². The highest BCUT2D eigenvalue weighted by Gasteiger charge is 2.20. The Labute approximate surface area is 155 Å². The lowest BCUT2D eigenvalue weighted by atomic mass is 9.98. The largest absolute Gasteiger partial charge is 0.497 e. The van der Waals surface area contributed by atoms with Crippen molar-refractivity contribution in [3.05, 3.63) is 74.9 Å². The van der Waals surface area contributed by atoms with Gasteiger partial charge in [0, 0.05) is 12.6 Å². The molecule has 0 aliphatic carbocycles. The molecule has 0 radical (unpaired) electrons. The average Bonchev–Trinajstić information content (AvgIpc) is 3.08. The predicted octanol–water partition coefficient (Wildman–Crippen LogP) is 3.21. The average molecular weight is 361 g/mol. The molecule has 4 rings (SSSR count). The topological polar surface area (TPSA) is 79.9 Å². The molecule has 2 heterocycles. The van der Waals surface area contributed by atoms with Crippen molar-refractivity contribution in [2.24, 2.45) is 7.05 Å². The number of hydrogen-bond donors (Lipinski definition) is 2. The number of aryl methyl sites for hydroxylation is 2. The summed E-state index contributed by atoms with van der Waals surface area (Å²) in [5, 5.41) is 0.456. The van der Waals surface area contributed by atoms with E-state index in [0.717, 1.165) is 33.7 Å². The molecule has 0 spiro atoms. The fourth-order valence-corrected chi connectivity index (χ4v) is 3.29. The van der Waals surface area contributed by atoms with E-state index >= 15 is 0 Å². The Morgan fingerprint density at radius 2 is 1.52 bits per heavy atom. The third-order valence-corrected chi connectivity index (χ3v) is 4.79. The van der Waals surface area contributed by atoms with Gasteiger partial charge in [0.1, 0.15) is 11.4 Å². The number of benzene rings is 2. The van der Waals surface area contributed by atoms with Crippen molar-refractivity contribution in [1.82, 2.24) is 14.5 Å². The van der Waals surface area contributed by atoms with Crippen molar-refractivity contribution in [2.45, 2.75) is 6.92 Å². The number of methoxy groups -OCH3 is 1. The van der Waals surface area contributed by atoms with Crippen molar-refractivity contribution in [1.29, 1.82) is 0 Å². The normalized spacial score (nSPS) is 11.1. The first-order chi connectivity index (χ1) is 13.0. The maximum Gasteiger partial charge on any atom is 0.329 e. The minimum atomic E-state index is -0.453. The highest BCUT2D eigenvalue weighted by atomic mass is 16.5. The Morgan fingerprint density at radius 3 is 2.15 bits per heavy atom. The third kappa shape index (κ3) is 2.75. The summed E-state index contributed by atoms with van der Waals surface area (Å²) in [6, 6.07) is 15.5. The second-order valence-electron chi connectivity index (χ2n) is 6.51. The zero-order valence-electron chi connectivity index (χ0n) is 15.3. The van der Waals surface area contributed by atoms with Crippen LogP contribution in [0.15, 0.2) is 58.1 Å². The molecule has 0 atom stereocenters. The van der Waals surface area contributed by atoms with Gasteiger partial charge in [-0.05, 0) is 30.2 Å². The van der Waals surface area contributed by atoms with Crippen LogP contribution in [0.25, 0.3) is 33.4 Å². The molecule has 0 aliphatic heterocycles. The molecule has 6 heteroatoms. The second kappa shape index (κ2) is 6.32. The molecular formula is C21H19N3O3. The fraction of sp³-hybridized carbons (Fsp3) is 0.143. The van der Waals surface area contributed by atoms with Gasteiger partial charge in [-0.15, -0.1) is 0 Å². The molecule has 2 aromatic carbocycles. The first-order valence-electron chi connectivity index (χ1n) is 8.56. The van der Waals surface area contributed by atoms with Gasteiger partial charge in [0.15, 0.2) is 0 Å². The standard InChI is InChI=1S/C21H19N3O3/c1-12-4-6-14(7-5-12)18-16(13-8-10-15(27-3)11-9-13)17-19(22-18)24(2)21(26)23-20(17)25/h4-11,22H,1-3H3,(H,23,25,26). The van der Waals surface area contributed by atoms with Crippen molar-refractivity contribution in [3.63, 3.8) is 0 Å². The number of aromatic nitrogens is 3. The third-order valence-electron chi connectivity index (χ3n) is 4.79. The number of nitrogens with zero attached hydrogens (tertiary/aromatic N) is 1. The molecule has 2 N–H and O–H groups in total. The summed E-state index contributed by atoms with van der Waals surface area (Å²) in [5.41, 5.74) is 4.13. The van der Waals surface area contributed by atoms with Crippen LogP contribution < -0.4 is 16.0 Å². The van der Waals surface area contributed by atoms with E-state index < -0.39 is 11.2 Å². The first kappa shape index (κ1) is 16.9. The van der Waals surface area contributed by atoms with Crippen molar-refractivity contribution >= 4 is 11.0 Å². The summed E-state index contributed by atoms with van der Waals surface area (Å²) in [4.78, 5) is 30.4. The summed E-state index contributed by atoms with van der Waals surface area (Å²) < 4.78 is 6.66. The number of rotatable bonds is 3. The molecule has 0 saturated carbocycles. The minimum Gasteiger partial charge on any atom is -0.497 e. The van der Waals surface area contributed by atoms with Crippen LogP contribution in [0.1, 0.15) is 5.56 Å². The zero-order chi connectivity index (χ0) is 19.1. The van der Waals surface area contributed by atoms with Gasteiger partial charge in [-0.1, -0.05) is 42.0 Å². The Hall–Kier alpha value is -3.54. The summed E-state index contributed by atoms with van der Waals surface area (Å²) in [6.45, 7) is 2.02. The van der Waals surface area contributed by atoms with E-state index in [2.05, 4.69) is 9.97 Å². The quantitative estimate of drug-likeness (QED) is 0.588. The Kier molecular flexibility index (Phi) is 3.96. The number of aromatic amines is 2. The van der Waals surface area contributed by atoms with Crippen LogP contribution in [-0.4, -0.2) is 21.6 Å². The highest BCUT2D eigenvalue weighted by Crippen LogP contribution is 2.37. The summed E-state index contributed by atoms with van der Waals surface area (Å²) in [7, 11) is 3.24. The SMILES string of the molecule is COc1ccc(-c2c(-c3ccc(C)cc3)[nH]c3c2c(=O)[nH]c(=O)n3C)cc1. The van der Waals surface area contributed by atoms with Crippen LogP contribution in [0, 0.1) is 6.92 Å². The number of nitrogens with one attached hydrogen (secondary N) is 2. The van der Waals surface area contributed by atoms with Crippen molar-refractivity contribution in [3.8, 4) is 28.1 Å². The monoisotopic (exact) mass is 361 g/mol. The van der Waals surface area contributed by atoms with Crippen LogP contribution in [0.5, 0.6) is 5.75 Å². The first-order valence-corrected chi connectivity index (χ1v) is 8.56. The number of H-pyrrole nitrogens is 2. The van der Waals surface area contributed by atoms with Gasteiger partial charge in [0.2, 0.25) is 0 Å². The van der Waals surface area contributed by atoms with Gasteiger partial charge in [0.25, 0.3) is 5.56 Å². The van der Waals surface area contributed by atoms with Gasteiger partial charge in [-0.3, -0.25) is 14.3 Å². The van der Waals surface area contributed by atoms with E-state index in [4.69, 9.17) is 4.74 Å². The lowest BCUT2D eigenvalue weighted by Crippen LogP contribution is -2.28. The van der Waals surface area contributed by atoms with Crippen LogP contribution in [0.4, 0.5) is 0 Å². The van der Waals surface area contributed by atoms with Crippen LogP contribution >= 0.6 is 0 Å².